The second kappa shape index (κ2) is 8.53. The molecule has 0 radical (unpaired) electrons. The fourth-order valence-electron chi connectivity index (χ4n) is 3.03. The molecule has 9 heteroatoms. The molecular weight excluding hydrogens is 368 g/mol. The van der Waals surface area contributed by atoms with Crippen molar-refractivity contribution in [1.82, 2.24) is 19.2 Å². The van der Waals surface area contributed by atoms with E-state index in [1.165, 1.54) is 10.6 Å². The molecule has 1 aliphatic heterocycles. The maximum atomic E-state index is 12.5. The summed E-state index contributed by atoms with van der Waals surface area (Å²) in [6, 6.07) is 7.12. The molecule has 1 N–H and O–H groups in total. The monoisotopic (exact) mass is 392 g/mol. The molecule has 1 amide bonds. The van der Waals surface area contributed by atoms with E-state index in [2.05, 4.69) is 10.3 Å². The number of hydrogen-bond acceptors (Lipinski definition) is 5. The Morgan fingerprint density at radius 2 is 2.04 bits per heavy atom. The van der Waals surface area contributed by atoms with Crippen LogP contribution in [0.3, 0.4) is 0 Å². The summed E-state index contributed by atoms with van der Waals surface area (Å²) in [6.07, 6.45) is 7.55. The number of hydrogen-bond donors (Lipinski definition) is 1. The van der Waals surface area contributed by atoms with E-state index < -0.39 is 10.0 Å². The zero-order valence-electron chi connectivity index (χ0n) is 15.2. The van der Waals surface area contributed by atoms with Crippen molar-refractivity contribution in [2.24, 2.45) is 0 Å². The Kier molecular flexibility index (Phi) is 6.12. The van der Waals surface area contributed by atoms with Gasteiger partial charge in [-0.1, -0.05) is 12.1 Å². The lowest BCUT2D eigenvalue weighted by Crippen LogP contribution is -2.41. The average Bonchev–Trinajstić information content (AvgIpc) is 3.15. The highest BCUT2D eigenvalue weighted by Gasteiger charge is 2.26. The van der Waals surface area contributed by atoms with Crippen LogP contribution in [-0.2, 0) is 16.6 Å². The van der Waals surface area contributed by atoms with Crippen LogP contribution in [0.5, 0.6) is 5.75 Å². The van der Waals surface area contributed by atoms with E-state index in [0.717, 1.165) is 0 Å². The number of amides is 1. The molecule has 0 bridgehead atoms. The number of piperidine rings is 1. The number of nitrogens with one attached hydrogen (secondary N) is 1. The van der Waals surface area contributed by atoms with Crippen LogP contribution in [0.1, 0.15) is 23.2 Å². The number of para-hydroxylation sites is 1. The first-order valence-corrected chi connectivity index (χ1v) is 10.7. The van der Waals surface area contributed by atoms with Crippen LogP contribution < -0.4 is 10.1 Å². The fraction of sp³-hybridized carbons (Fsp3) is 0.444. The molecule has 2 aromatic rings. The van der Waals surface area contributed by atoms with Gasteiger partial charge < -0.3 is 14.6 Å². The molecule has 27 heavy (non-hydrogen) atoms. The Labute approximate surface area is 159 Å². The van der Waals surface area contributed by atoms with Crippen molar-refractivity contribution in [3.63, 3.8) is 0 Å². The molecule has 0 spiro atoms. The molecule has 0 unspecified atom stereocenters. The maximum absolute atomic E-state index is 12.5. The number of benzene rings is 1. The molecule has 1 aromatic carbocycles. The summed E-state index contributed by atoms with van der Waals surface area (Å²) in [6.45, 7) is 1.99. The number of sulfonamides is 1. The summed E-state index contributed by atoms with van der Waals surface area (Å²) in [5, 5.41) is 2.89. The van der Waals surface area contributed by atoms with Crippen molar-refractivity contribution >= 4 is 15.9 Å². The number of nitrogens with zero attached hydrogens (tertiary/aromatic N) is 3. The van der Waals surface area contributed by atoms with Gasteiger partial charge in [-0.15, -0.1) is 0 Å². The third-order valence-corrected chi connectivity index (χ3v) is 5.81. The van der Waals surface area contributed by atoms with Gasteiger partial charge in [-0.05, 0) is 25.0 Å². The van der Waals surface area contributed by atoms with Crippen LogP contribution >= 0.6 is 0 Å². The SMILES string of the molecule is CS(=O)(=O)N1CCC(Oc2ccccc2C(=O)NCCn2ccnc2)CC1. The minimum absolute atomic E-state index is 0.108. The average molecular weight is 392 g/mol. The second-order valence-electron chi connectivity index (χ2n) is 6.53. The number of rotatable bonds is 7. The summed E-state index contributed by atoms with van der Waals surface area (Å²) >= 11 is 0. The van der Waals surface area contributed by atoms with Crippen LogP contribution in [0.2, 0.25) is 0 Å². The number of imidazole rings is 1. The van der Waals surface area contributed by atoms with Crippen molar-refractivity contribution < 1.29 is 17.9 Å². The molecule has 3 rings (SSSR count). The minimum Gasteiger partial charge on any atom is -0.489 e. The smallest absolute Gasteiger partial charge is 0.255 e. The van der Waals surface area contributed by atoms with Gasteiger partial charge in [0.05, 0.1) is 18.1 Å². The van der Waals surface area contributed by atoms with E-state index >= 15 is 0 Å². The van der Waals surface area contributed by atoms with Crippen LogP contribution in [0, 0.1) is 0 Å². The Bertz CT molecular complexity index is 859. The van der Waals surface area contributed by atoms with Crippen LogP contribution in [-0.4, -0.2) is 60.2 Å². The lowest BCUT2D eigenvalue weighted by Gasteiger charge is -2.30. The summed E-state index contributed by atoms with van der Waals surface area (Å²) in [5.74, 6) is 0.328. The van der Waals surface area contributed by atoms with Crippen molar-refractivity contribution in [2.45, 2.75) is 25.5 Å². The van der Waals surface area contributed by atoms with E-state index in [1.807, 2.05) is 16.8 Å². The Hall–Kier alpha value is -2.39. The third-order valence-electron chi connectivity index (χ3n) is 4.51. The molecule has 0 atom stereocenters. The number of aromatic nitrogens is 2. The van der Waals surface area contributed by atoms with Gasteiger partial charge in [0.25, 0.3) is 5.91 Å². The predicted molar refractivity (Wildman–Crippen MR) is 101 cm³/mol. The summed E-state index contributed by atoms with van der Waals surface area (Å²) in [5.41, 5.74) is 0.480. The van der Waals surface area contributed by atoms with E-state index in [4.69, 9.17) is 4.74 Å². The standard InChI is InChI=1S/C18H24N4O4S/c1-27(24,25)22-10-6-15(7-11-22)26-17-5-3-2-4-16(17)18(23)20-9-13-21-12-8-19-14-21/h2-5,8,12,14-15H,6-7,9-11,13H2,1H3,(H,20,23). The number of carbonyl (C=O) groups is 1. The Morgan fingerprint density at radius 1 is 1.30 bits per heavy atom. The Balaban J connectivity index is 1.56. The highest BCUT2D eigenvalue weighted by Crippen LogP contribution is 2.23. The van der Waals surface area contributed by atoms with Gasteiger partial charge in [-0.3, -0.25) is 4.79 Å². The molecule has 0 saturated carbocycles. The first kappa shape index (κ1) is 19.4. The Morgan fingerprint density at radius 3 is 2.70 bits per heavy atom. The third kappa shape index (κ3) is 5.30. The predicted octanol–water partition coefficient (Wildman–Crippen LogP) is 1.12. The quantitative estimate of drug-likeness (QED) is 0.762. The molecule has 8 nitrogen and oxygen atoms in total. The molecule has 0 aliphatic carbocycles. The summed E-state index contributed by atoms with van der Waals surface area (Å²) < 4.78 is 32.6. The molecule has 146 valence electrons. The van der Waals surface area contributed by atoms with Gasteiger partial charge in [-0.25, -0.2) is 17.7 Å². The fourth-order valence-corrected chi connectivity index (χ4v) is 3.91. The molecule has 1 aliphatic rings. The lowest BCUT2D eigenvalue weighted by molar-refractivity contribution is 0.0937. The van der Waals surface area contributed by atoms with Gasteiger partial charge in [0.15, 0.2) is 0 Å². The molecular formula is C18H24N4O4S. The van der Waals surface area contributed by atoms with Crippen LogP contribution in [0.25, 0.3) is 0 Å². The van der Waals surface area contributed by atoms with Gasteiger partial charge in [-0.2, -0.15) is 0 Å². The molecule has 1 aromatic heterocycles. The summed E-state index contributed by atoms with van der Waals surface area (Å²) in [7, 11) is -3.17. The van der Waals surface area contributed by atoms with E-state index in [1.54, 1.807) is 30.7 Å². The first-order chi connectivity index (χ1) is 12.9. The van der Waals surface area contributed by atoms with Crippen molar-refractivity contribution in [3.8, 4) is 5.75 Å². The zero-order chi connectivity index (χ0) is 19.3. The lowest BCUT2D eigenvalue weighted by atomic mass is 10.1. The van der Waals surface area contributed by atoms with E-state index in [9.17, 15) is 13.2 Å². The number of carbonyl (C=O) groups excluding carboxylic acids is 1. The second-order valence-corrected chi connectivity index (χ2v) is 8.51. The zero-order valence-corrected chi connectivity index (χ0v) is 16.1. The molecule has 1 fully saturated rings. The van der Waals surface area contributed by atoms with Crippen molar-refractivity contribution in [1.29, 1.82) is 0 Å². The minimum atomic E-state index is -3.17. The van der Waals surface area contributed by atoms with Gasteiger partial charge in [0.2, 0.25) is 10.0 Å². The molecule has 2 heterocycles. The largest absolute Gasteiger partial charge is 0.489 e. The van der Waals surface area contributed by atoms with Gasteiger partial charge in [0.1, 0.15) is 11.9 Å². The van der Waals surface area contributed by atoms with Crippen LogP contribution in [0.15, 0.2) is 43.0 Å². The highest BCUT2D eigenvalue weighted by molar-refractivity contribution is 7.88. The van der Waals surface area contributed by atoms with E-state index in [0.29, 0.717) is 50.3 Å². The topological polar surface area (TPSA) is 93.5 Å². The normalized spacial score (nSPS) is 16.2. The van der Waals surface area contributed by atoms with Crippen molar-refractivity contribution in [2.75, 3.05) is 25.9 Å². The first-order valence-electron chi connectivity index (χ1n) is 8.88. The van der Waals surface area contributed by atoms with Crippen molar-refractivity contribution in [3.05, 3.63) is 48.5 Å². The molecule has 1 saturated heterocycles. The summed E-state index contributed by atoms with van der Waals surface area (Å²) in [4.78, 5) is 16.5. The van der Waals surface area contributed by atoms with Gasteiger partial charge in [0, 0.05) is 38.6 Å². The van der Waals surface area contributed by atoms with Gasteiger partial charge >= 0.3 is 0 Å². The maximum Gasteiger partial charge on any atom is 0.255 e. The highest BCUT2D eigenvalue weighted by atomic mass is 32.2. The number of ether oxygens (including phenoxy) is 1. The van der Waals surface area contributed by atoms with Crippen LogP contribution in [0.4, 0.5) is 0 Å². The van der Waals surface area contributed by atoms with E-state index in [-0.39, 0.29) is 12.0 Å².